The second-order valence-corrected chi connectivity index (χ2v) is 6.69. The Balaban J connectivity index is 1.67. The van der Waals surface area contributed by atoms with Crippen LogP contribution in [0, 0.1) is 0 Å². The van der Waals surface area contributed by atoms with Gasteiger partial charge in [-0.15, -0.1) is 0 Å². The standard InChI is InChI=1S/C19H22FN5O/c1-2-25-11-14(10-23-25)16-9-17-15(5-3-8-22-17)18(24-16)26-13-19(20)6-4-7-21-12-19/h3,5,8-11,21H,2,4,6-7,12-13H2,1H3. The highest BCUT2D eigenvalue weighted by atomic mass is 19.1. The molecule has 0 radical (unpaired) electrons. The smallest absolute Gasteiger partial charge is 0.223 e. The molecule has 0 amide bonds. The Morgan fingerprint density at radius 1 is 1.42 bits per heavy atom. The van der Waals surface area contributed by atoms with Gasteiger partial charge < -0.3 is 10.1 Å². The lowest BCUT2D eigenvalue weighted by Gasteiger charge is -2.29. The van der Waals surface area contributed by atoms with Gasteiger partial charge in [-0.05, 0) is 44.5 Å². The molecule has 1 aliphatic rings. The van der Waals surface area contributed by atoms with E-state index in [-0.39, 0.29) is 6.61 Å². The number of pyridine rings is 2. The summed E-state index contributed by atoms with van der Waals surface area (Å²) in [6, 6.07) is 5.64. The fourth-order valence-electron chi connectivity index (χ4n) is 3.22. The minimum absolute atomic E-state index is 0.0192. The molecule has 1 unspecified atom stereocenters. The average molecular weight is 355 g/mol. The van der Waals surface area contributed by atoms with Gasteiger partial charge in [-0.3, -0.25) is 9.67 Å². The summed E-state index contributed by atoms with van der Waals surface area (Å²) in [6.07, 6.45) is 6.74. The molecule has 1 atom stereocenters. The van der Waals surface area contributed by atoms with Gasteiger partial charge in [0.05, 0.1) is 22.8 Å². The summed E-state index contributed by atoms with van der Waals surface area (Å²) in [7, 11) is 0. The molecule has 0 bridgehead atoms. The predicted octanol–water partition coefficient (Wildman–Crippen LogP) is 2.98. The summed E-state index contributed by atoms with van der Waals surface area (Å²) in [5.41, 5.74) is 1.02. The number of fused-ring (bicyclic) bond motifs is 1. The van der Waals surface area contributed by atoms with Crippen LogP contribution >= 0.6 is 0 Å². The van der Waals surface area contributed by atoms with E-state index in [9.17, 15) is 4.39 Å². The molecule has 26 heavy (non-hydrogen) atoms. The summed E-state index contributed by atoms with van der Waals surface area (Å²) in [5.74, 6) is 0.414. The van der Waals surface area contributed by atoms with E-state index in [0.717, 1.165) is 41.7 Å². The number of nitrogens with one attached hydrogen (secondary N) is 1. The minimum atomic E-state index is -1.36. The van der Waals surface area contributed by atoms with Crippen LogP contribution in [-0.4, -0.2) is 45.1 Å². The maximum atomic E-state index is 14.9. The highest BCUT2D eigenvalue weighted by Crippen LogP contribution is 2.30. The number of hydrogen-bond donors (Lipinski definition) is 1. The average Bonchev–Trinajstić information content (AvgIpc) is 3.16. The van der Waals surface area contributed by atoms with Crippen LogP contribution in [-0.2, 0) is 6.54 Å². The maximum Gasteiger partial charge on any atom is 0.223 e. The molecule has 0 aliphatic carbocycles. The molecule has 3 aromatic rings. The van der Waals surface area contributed by atoms with Crippen molar-refractivity contribution in [3.05, 3.63) is 36.8 Å². The highest BCUT2D eigenvalue weighted by molar-refractivity contribution is 5.86. The molecular formula is C19H22FN5O. The zero-order chi connectivity index (χ0) is 18.0. The van der Waals surface area contributed by atoms with E-state index in [0.29, 0.717) is 18.8 Å². The quantitative estimate of drug-likeness (QED) is 0.762. The van der Waals surface area contributed by atoms with Gasteiger partial charge in [0.1, 0.15) is 6.61 Å². The van der Waals surface area contributed by atoms with Gasteiger partial charge >= 0.3 is 0 Å². The van der Waals surface area contributed by atoms with Crippen molar-refractivity contribution in [1.29, 1.82) is 0 Å². The Hall–Kier alpha value is -2.54. The second kappa shape index (κ2) is 6.99. The van der Waals surface area contributed by atoms with Gasteiger partial charge in [-0.1, -0.05) is 0 Å². The number of hydrogen-bond acceptors (Lipinski definition) is 5. The highest BCUT2D eigenvalue weighted by Gasteiger charge is 2.33. The van der Waals surface area contributed by atoms with E-state index in [2.05, 4.69) is 20.4 Å². The Kier molecular flexibility index (Phi) is 4.55. The van der Waals surface area contributed by atoms with Crippen LogP contribution in [0.5, 0.6) is 5.88 Å². The third kappa shape index (κ3) is 3.39. The molecule has 3 aromatic heterocycles. The summed E-state index contributed by atoms with van der Waals surface area (Å²) < 4.78 is 22.6. The van der Waals surface area contributed by atoms with Crippen molar-refractivity contribution in [1.82, 2.24) is 25.1 Å². The number of aryl methyl sites for hydroxylation is 1. The fraction of sp³-hybridized carbons (Fsp3) is 0.421. The molecule has 0 aromatic carbocycles. The van der Waals surface area contributed by atoms with Crippen molar-refractivity contribution in [2.24, 2.45) is 0 Å². The Morgan fingerprint density at radius 2 is 2.35 bits per heavy atom. The number of halogens is 1. The van der Waals surface area contributed by atoms with Crippen LogP contribution in [0.15, 0.2) is 36.8 Å². The number of piperidine rings is 1. The van der Waals surface area contributed by atoms with E-state index < -0.39 is 5.67 Å². The zero-order valence-corrected chi connectivity index (χ0v) is 14.8. The summed E-state index contributed by atoms with van der Waals surface area (Å²) in [4.78, 5) is 9.05. The van der Waals surface area contributed by atoms with Crippen LogP contribution < -0.4 is 10.1 Å². The maximum absolute atomic E-state index is 14.9. The van der Waals surface area contributed by atoms with Crippen molar-refractivity contribution in [2.45, 2.75) is 32.0 Å². The van der Waals surface area contributed by atoms with Crippen LogP contribution in [0.4, 0.5) is 4.39 Å². The minimum Gasteiger partial charge on any atom is -0.474 e. The zero-order valence-electron chi connectivity index (χ0n) is 14.8. The third-order valence-electron chi connectivity index (χ3n) is 4.71. The molecule has 0 spiro atoms. The van der Waals surface area contributed by atoms with Crippen LogP contribution in [0.1, 0.15) is 19.8 Å². The molecule has 7 heteroatoms. The van der Waals surface area contributed by atoms with Gasteiger partial charge in [0.2, 0.25) is 5.88 Å². The summed E-state index contributed by atoms with van der Waals surface area (Å²) in [6.45, 7) is 3.96. The first-order chi connectivity index (χ1) is 12.7. The Bertz CT molecular complexity index is 904. The molecule has 4 rings (SSSR count). The molecular weight excluding hydrogens is 333 g/mol. The lowest BCUT2D eigenvalue weighted by molar-refractivity contribution is 0.0581. The molecule has 4 heterocycles. The second-order valence-electron chi connectivity index (χ2n) is 6.69. The molecule has 1 fully saturated rings. The Morgan fingerprint density at radius 3 is 3.12 bits per heavy atom. The SMILES string of the molecule is CCn1cc(-c2cc3ncccc3c(OCC3(F)CCCNC3)n2)cn1. The van der Waals surface area contributed by atoms with Crippen molar-refractivity contribution < 1.29 is 9.13 Å². The van der Waals surface area contributed by atoms with Crippen LogP contribution in [0.2, 0.25) is 0 Å². The monoisotopic (exact) mass is 355 g/mol. The van der Waals surface area contributed by atoms with E-state index in [1.807, 2.05) is 36.0 Å². The number of rotatable bonds is 5. The molecule has 1 saturated heterocycles. The van der Waals surface area contributed by atoms with Gasteiger partial charge in [0.25, 0.3) is 0 Å². The predicted molar refractivity (Wildman–Crippen MR) is 97.9 cm³/mol. The number of nitrogens with zero attached hydrogens (tertiary/aromatic N) is 4. The van der Waals surface area contributed by atoms with E-state index in [1.54, 1.807) is 12.4 Å². The largest absolute Gasteiger partial charge is 0.474 e. The van der Waals surface area contributed by atoms with Crippen molar-refractivity contribution in [3.8, 4) is 17.1 Å². The summed E-state index contributed by atoms with van der Waals surface area (Å²) >= 11 is 0. The normalized spacial score (nSPS) is 20.4. The van der Waals surface area contributed by atoms with Crippen molar-refractivity contribution in [2.75, 3.05) is 19.7 Å². The molecule has 136 valence electrons. The molecule has 1 aliphatic heterocycles. The number of ether oxygens (including phenoxy) is 1. The van der Waals surface area contributed by atoms with E-state index in [4.69, 9.17) is 4.74 Å². The number of alkyl halides is 1. The molecule has 6 nitrogen and oxygen atoms in total. The van der Waals surface area contributed by atoms with Crippen LogP contribution in [0.25, 0.3) is 22.2 Å². The van der Waals surface area contributed by atoms with Crippen molar-refractivity contribution in [3.63, 3.8) is 0 Å². The van der Waals surface area contributed by atoms with E-state index >= 15 is 0 Å². The lowest BCUT2D eigenvalue weighted by atomic mass is 9.97. The fourth-order valence-corrected chi connectivity index (χ4v) is 3.22. The van der Waals surface area contributed by atoms with Crippen LogP contribution in [0.3, 0.4) is 0 Å². The molecule has 0 saturated carbocycles. The van der Waals surface area contributed by atoms with Crippen molar-refractivity contribution >= 4 is 10.9 Å². The van der Waals surface area contributed by atoms with Gasteiger partial charge in [0, 0.05) is 31.0 Å². The first-order valence-corrected chi connectivity index (χ1v) is 8.98. The topological polar surface area (TPSA) is 64.9 Å². The summed E-state index contributed by atoms with van der Waals surface area (Å²) in [5, 5.41) is 8.18. The first kappa shape index (κ1) is 16.9. The first-order valence-electron chi connectivity index (χ1n) is 8.98. The van der Waals surface area contributed by atoms with Gasteiger partial charge in [0.15, 0.2) is 5.67 Å². The number of aromatic nitrogens is 4. The molecule has 1 N–H and O–H groups in total. The van der Waals surface area contributed by atoms with Gasteiger partial charge in [-0.25, -0.2) is 9.37 Å². The van der Waals surface area contributed by atoms with Gasteiger partial charge in [-0.2, -0.15) is 5.10 Å². The third-order valence-corrected chi connectivity index (χ3v) is 4.71. The Labute approximate surface area is 151 Å². The van der Waals surface area contributed by atoms with E-state index in [1.165, 1.54) is 0 Å². The lowest BCUT2D eigenvalue weighted by Crippen LogP contribution is -2.46.